The van der Waals surface area contributed by atoms with Crippen LogP contribution in [-0.2, 0) is 0 Å². The molecule has 124 valence electrons. The van der Waals surface area contributed by atoms with E-state index in [1.807, 2.05) is 85.1 Å². The Morgan fingerprint density at radius 2 is 1.42 bits per heavy atom. The number of benzene rings is 3. The van der Waals surface area contributed by atoms with Crippen LogP contribution in [0, 0.1) is 0 Å². The van der Waals surface area contributed by atoms with Gasteiger partial charge in [0.05, 0.1) is 22.4 Å². The van der Waals surface area contributed by atoms with E-state index in [0.717, 1.165) is 33.2 Å². The predicted molar refractivity (Wildman–Crippen MR) is 104 cm³/mol. The van der Waals surface area contributed by atoms with Crippen molar-refractivity contribution in [3.63, 3.8) is 0 Å². The summed E-state index contributed by atoms with van der Waals surface area (Å²) in [5, 5.41) is 1.96. The Hall–Kier alpha value is -3.66. The first-order chi connectivity index (χ1) is 12.8. The summed E-state index contributed by atoms with van der Waals surface area (Å²) in [5.41, 5.74) is 3.33. The highest BCUT2D eigenvalue weighted by Gasteiger charge is 2.14. The summed E-state index contributed by atoms with van der Waals surface area (Å²) < 4.78 is 3.46. The number of hydrogen-bond donors (Lipinski definition) is 0. The Morgan fingerprint density at radius 1 is 0.731 bits per heavy atom. The molecule has 3 aromatic carbocycles. The number of rotatable bonds is 2. The van der Waals surface area contributed by atoms with Gasteiger partial charge in [0, 0.05) is 23.2 Å². The molecule has 2 heterocycles. The molecule has 0 aliphatic heterocycles. The van der Waals surface area contributed by atoms with Gasteiger partial charge < -0.3 is 0 Å². The quantitative estimate of drug-likeness (QED) is 0.481. The van der Waals surface area contributed by atoms with Crippen LogP contribution >= 0.6 is 0 Å². The molecule has 26 heavy (non-hydrogen) atoms. The van der Waals surface area contributed by atoms with E-state index in [0.29, 0.717) is 0 Å². The van der Waals surface area contributed by atoms with E-state index < -0.39 is 0 Å². The summed E-state index contributed by atoms with van der Waals surface area (Å²) in [6.07, 6.45) is 3.68. The number of fused-ring (bicyclic) bond motifs is 3. The monoisotopic (exact) mass is 337 g/mol. The minimum atomic E-state index is -0.108. The Morgan fingerprint density at radius 3 is 2.15 bits per heavy atom. The van der Waals surface area contributed by atoms with E-state index in [2.05, 4.69) is 4.98 Å². The summed E-state index contributed by atoms with van der Waals surface area (Å²) >= 11 is 0. The molecular formula is C22H15N3O. The van der Waals surface area contributed by atoms with Crippen molar-refractivity contribution in [2.75, 3.05) is 0 Å². The van der Waals surface area contributed by atoms with E-state index in [4.69, 9.17) is 0 Å². The number of aromatic nitrogens is 3. The van der Waals surface area contributed by atoms with Crippen LogP contribution < -0.4 is 5.69 Å². The van der Waals surface area contributed by atoms with Crippen molar-refractivity contribution in [1.82, 2.24) is 14.1 Å². The third kappa shape index (κ3) is 2.16. The molecule has 0 radical (unpaired) electrons. The highest BCUT2D eigenvalue weighted by atomic mass is 16.1. The van der Waals surface area contributed by atoms with Crippen LogP contribution in [0.5, 0.6) is 0 Å². The van der Waals surface area contributed by atoms with Crippen LogP contribution in [0.15, 0.2) is 96.1 Å². The average Bonchev–Trinajstić information content (AvgIpc) is 3.18. The predicted octanol–water partition coefficient (Wildman–Crippen LogP) is 4.33. The van der Waals surface area contributed by atoms with Gasteiger partial charge in [-0.15, -0.1) is 0 Å². The topological polar surface area (TPSA) is 39.8 Å². The molecule has 0 saturated heterocycles. The molecule has 0 amide bonds. The minimum absolute atomic E-state index is 0.108. The molecular weight excluding hydrogens is 322 g/mol. The summed E-state index contributed by atoms with van der Waals surface area (Å²) in [4.78, 5) is 17.8. The molecule has 0 saturated carbocycles. The zero-order chi connectivity index (χ0) is 17.5. The molecule has 2 aromatic heterocycles. The normalized spacial score (nSPS) is 11.2. The van der Waals surface area contributed by atoms with Crippen molar-refractivity contribution < 1.29 is 0 Å². The molecule has 0 aliphatic rings. The summed E-state index contributed by atoms with van der Waals surface area (Å²) in [5.74, 6) is 0. The fraction of sp³-hybridized carbons (Fsp3) is 0. The zero-order valence-corrected chi connectivity index (χ0v) is 13.9. The van der Waals surface area contributed by atoms with Gasteiger partial charge in [-0.3, -0.25) is 14.1 Å². The molecule has 0 atom stereocenters. The zero-order valence-electron chi connectivity index (χ0n) is 13.9. The van der Waals surface area contributed by atoms with Crippen LogP contribution in [0.2, 0.25) is 0 Å². The lowest BCUT2D eigenvalue weighted by molar-refractivity contribution is 0.862. The molecule has 0 bridgehead atoms. The first-order valence-corrected chi connectivity index (χ1v) is 8.45. The maximum Gasteiger partial charge on any atom is 0.337 e. The van der Waals surface area contributed by atoms with Crippen LogP contribution in [-0.4, -0.2) is 14.1 Å². The van der Waals surface area contributed by atoms with Crippen LogP contribution in [0.25, 0.3) is 33.2 Å². The largest absolute Gasteiger partial charge is 0.337 e. The van der Waals surface area contributed by atoms with Crippen molar-refractivity contribution in [1.29, 1.82) is 0 Å². The van der Waals surface area contributed by atoms with Gasteiger partial charge in [-0.1, -0.05) is 36.4 Å². The van der Waals surface area contributed by atoms with E-state index in [1.54, 1.807) is 15.3 Å². The van der Waals surface area contributed by atoms with E-state index in [9.17, 15) is 4.79 Å². The van der Waals surface area contributed by atoms with Crippen molar-refractivity contribution in [2.24, 2.45) is 0 Å². The SMILES string of the molecule is O=c1n(-c2ccccc2)cc2ccc3nccc3c2n1-c1ccccc1. The third-order valence-electron chi connectivity index (χ3n) is 4.62. The lowest BCUT2D eigenvalue weighted by Crippen LogP contribution is -2.28. The Bertz CT molecular complexity index is 1290. The number of nitrogens with zero attached hydrogens (tertiary/aromatic N) is 3. The van der Waals surface area contributed by atoms with Crippen molar-refractivity contribution in [3.05, 3.63) is 102 Å². The fourth-order valence-corrected chi connectivity index (χ4v) is 3.42. The lowest BCUT2D eigenvalue weighted by atomic mass is 10.1. The Kier molecular flexibility index (Phi) is 3.22. The van der Waals surface area contributed by atoms with Gasteiger partial charge in [0.25, 0.3) is 0 Å². The molecule has 4 nitrogen and oxygen atoms in total. The van der Waals surface area contributed by atoms with E-state index in [1.165, 1.54) is 0 Å². The number of para-hydroxylation sites is 2. The summed E-state index contributed by atoms with van der Waals surface area (Å²) in [6, 6.07) is 25.4. The first kappa shape index (κ1) is 14.7. The smallest absolute Gasteiger partial charge is 0.268 e. The molecule has 5 aromatic rings. The molecule has 5 rings (SSSR count). The van der Waals surface area contributed by atoms with Crippen molar-refractivity contribution in [2.45, 2.75) is 0 Å². The maximum absolute atomic E-state index is 13.5. The molecule has 4 heteroatoms. The Labute approximate surface area is 149 Å². The Balaban J connectivity index is 1.99. The van der Waals surface area contributed by atoms with Gasteiger partial charge in [-0.2, -0.15) is 0 Å². The number of hydrogen-bond acceptors (Lipinski definition) is 2. The molecule has 0 unspecified atom stereocenters. The lowest BCUT2D eigenvalue weighted by Gasteiger charge is -2.16. The van der Waals surface area contributed by atoms with Gasteiger partial charge in [0.15, 0.2) is 0 Å². The second-order valence-corrected chi connectivity index (χ2v) is 6.17. The average molecular weight is 337 g/mol. The van der Waals surface area contributed by atoms with Crippen LogP contribution in [0.4, 0.5) is 0 Å². The second-order valence-electron chi connectivity index (χ2n) is 6.17. The fourth-order valence-electron chi connectivity index (χ4n) is 3.42. The molecule has 0 aliphatic carbocycles. The molecule has 0 spiro atoms. The van der Waals surface area contributed by atoms with Crippen molar-refractivity contribution >= 4 is 21.8 Å². The van der Waals surface area contributed by atoms with Gasteiger partial charge in [0.2, 0.25) is 0 Å². The second kappa shape index (κ2) is 5.70. The minimum Gasteiger partial charge on any atom is -0.268 e. The van der Waals surface area contributed by atoms with Crippen LogP contribution in [0.1, 0.15) is 0 Å². The standard InChI is InChI=1S/C22H15N3O/c26-22-24(17-7-3-1-4-8-17)15-16-11-12-20-19(13-14-23-20)21(16)25(22)18-9-5-2-6-10-18/h1-15H. The third-order valence-corrected chi connectivity index (χ3v) is 4.62. The molecule has 0 fully saturated rings. The highest BCUT2D eigenvalue weighted by molar-refractivity contribution is 6.04. The van der Waals surface area contributed by atoms with Gasteiger partial charge >= 0.3 is 5.69 Å². The summed E-state index contributed by atoms with van der Waals surface area (Å²) in [7, 11) is 0. The maximum atomic E-state index is 13.5. The van der Waals surface area contributed by atoms with Crippen molar-refractivity contribution in [3.8, 4) is 11.4 Å². The molecule has 0 N–H and O–H groups in total. The van der Waals surface area contributed by atoms with E-state index >= 15 is 0 Å². The first-order valence-electron chi connectivity index (χ1n) is 8.45. The van der Waals surface area contributed by atoms with E-state index in [-0.39, 0.29) is 5.69 Å². The van der Waals surface area contributed by atoms with Gasteiger partial charge in [-0.05, 0) is 42.5 Å². The van der Waals surface area contributed by atoms with Gasteiger partial charge in [0.1, 0.15) is 0 Å². The highest BCUT2D eigenvalue weighted by Crippen LogP contribution is 2.26. The van der Waals surface area contributed by atoms with Crippen LogP contribution in [0.3, 0.4) is 0 Å². The summed E-state index contributed by atoms with van der Waals surface area (Å²) in [6.45, 7) is 0. The van der Waals surface area contributed by atoms with Gasteiger partial charge in [-0.25, -0.2) is 4.79 Å².